The van der Waals surface area contributed by atoms with E-state index in [1.165, 1.54) is 4.57 Å². The van der Waals surface area contributed by atoms with Crippen LogP contribution in [0, 0.1) is 0 Å². The molecule has 1 aromatic heterocycles. The molecule has 0 N–H and O–H groups in total. The molecular formula is C19H16Cl2N2O3. The molecule has 0 spiro atoms. The van der Waals surface area contributed by atoms with Crippen molar-refractivity contribution < 1.29 is 4.74 Å². The maximum Gasteiger partial charge on any atom is 0.332 e. The molecule has 0 aliphatic carbocycles. The number of hydrogen-bond donors (Lipinski definition) is 0. The predicted molar refractivity (Wildman–Crippen MR) is 103 cm³/mol. The standard InChI is InChI=1S/C19H16Cl2N2O3/c1-19(2)10-23-15-13(7-8-14(21)16(15)26-19)17(24)22(18(23)25)9-11-3-5-12(20)6-4-11/h3-8H,9-10H2,1-2H3. The van der Waals surface area contributed by atoms with Crippen molar-refractivity contribution in [1.82, 2.24) is 9.13 Å². The van der Waals surface area contributed by atoms with Gasteiger partial charge in [-0.1, -0.05) is 35.3 Å². The first-order valence-electron chi connectivity index (χ1n) is 8.16. The van der Waals surface area contributed by atoms with Crippen LogP contribution in [0.5, 0.6) is 5.75 Å². The molecule has 26 heavy (non-hydrogen) atoms. The van der Waals surface area contributed by atoms with Crippen molar-refractivity contribution in [3.63, 3.8) is 0 Å². The van der Waals surface area contributed by atoms with Gasteiger partial charge in [0.15, 0.2) is 5.75 Å². The molecule has 1 aliphatic rings. The highest BCUT2D eigenvalue weighted by molar-refractivity contribution is 6.33. The second-order valence-electron chi connectivity index (χ2n) is 7.02. The maximum absolute atomic E-state index is 13.1. The third kappa shape index (κ3) is 2.72. The minimum absolute atomic E-state index is 0.171. The monoisotopic (exact) mass is 390 g/mol. The van der Waals surface area contributed by atoms with Crippen LogP contribution in [0.25, 0.3) is 10.9 Å². The van der Waals surface area contributed by atoms with Gasteiger partial charge in [-0.15, -0.1) is 0 Å². The minimum atomic E-state index is -0.614. The lowest BCUT2D eigenvalue weighted by atomic mass is 10.1. The van der Waals surface area contributed by atoms with Gasteiger partial charge in [0, 0.05) is 5.02 Å². The van der Waals surface area contributed by atoms with Crippen LogP contribution < -0.4 is 16.0 Å². The largest absolute Gasteiger partial charge is 0.482 e. The Morgan fingerprint density at radius 2 is 1.77 bits per heavy atom. The Bertz CT molecular complexity index is 1140. The van der Waals surface area contributed by atoms with E-state index in [0.29, 0.717) is 33.2 Å². The average Bonchev–Trinajstić information content (AvgIpc) is 2.59. The van der Waals surface area contributed by atoms with Crippen LogP contribution in [0.15, 0.2) is 46.0 Å². The first-order chi connectivity index (χ1) is 12.3. The molecule has 3 aromatic rings. The summed E-state index contributed by atoms with van der Waals surface area (Å²) in [6.07, 6.45) is 0. The van der Waals surface area contributed by atoms with E-state index in [2.05, 4.69) is 0 Å². The first kappa shape index (κ1) is 17.2. The lowest BCUT2D eigenvalue weighted by Gasteiger charge is -2.34. The highest BCUT2D eigenvalue weighted by Gasteiger charge is 2.32. The quantitative estimate of drug-likeness (QED) is 0.670. The van der Waals surface area contributed by atoms with Crippen LogP contribution in [0.3, 0.4) is 0 Å². The molecule has 0 amide bonds. The normalized spacial score (nSPS) is 15.1. The molecule has 0 saturated heterocycles. The van der Waals surface area contributed by atoms with Crippen molar-refractivity contribution in [3.05, 3.63) is 72.8 Å². The fraction of sp³-hybridized carbons (Fsp3) is 0.263. The summed E-state index contributed by atoms with van der Waals surface area (Å²) in [5.41, 5.74) is -0.0766. The number of benzene rings is 2. The van der Waals surface area contributed by atoms with Crippen molar-refractivity contribution >= 4 is 34.1 Å². The summed E-state index contributed by atoms with van der Waals surface area (Å²) in [6, 6.07) is 10.3. The zero-order valence-corrected chi connectivity index (χ0v) is 15.8. The molecule has 7 heteroatoms. The molecule has 0 unspecified atom stereocenters. The number of hydrogen-bond acceptors (Lipinski definition) is 3. The summed E-state index contributed by atoms with van der Waals surface area (Å²) in [6.45, 7) is 4.26. The lowest BCUT2D eigenvalue weighted by Crippen LogP contribution is -2.47. The molecule has 0 radical (unpaired) electrons. The molecule has 0 saturated carbocycles. The van der Waals surface area contributed by atoms with Gasteiger partial charge in [-0.05, 0) is 43.7 Å². The third-order valence-electron chi connectivity index (χ3n) is 4.46. The van der Waals surface area contributed by atoms with Gasteiger partial charge in [0.1, 0.15) is 11.1 Å². The van der Waals surface area contributed by atoms with Crippen molar-refractivity contribution in [1.29, 1.82) is 0 Å². The molecule has 2 heterocycles. The van der Waals surface area contributed by atoms with Crippen LogP contribution in [0.2, 0.25) is 10.0 Å². The van der Waals surface area contributed by atoms with E-state index in [1.54, 1.807) is 41.0 Å². The Labute approximate surface area is 159 Å². The van der Waals surface area contributed by atoms with Crippen LogP contribution in [0.4, 0.5) is 0 Å². The van der Waals surface area contributed by atoms with E-state index in [1.807, 2.05) is 13.8 Å². The van der Waals surface area contributed by atoms with Gasteiger partial charge in [-0.2, -0.15) is 0 Å². The second kappa shape index (κ2) is 5.89. The molecule has 5 nitrogen and oxygen atoms in total. The van der Waals surface area contributed by atoms with E-state index in [4.69, 9.17) is 27.9 Å². The van der Waals surface area contributed by atoms with Crippen molar-refractivity contribution in [2.75, 3.05) is 0 Å². The van der Waals surface area contributed by atoms with E-state index >= 15 is 0 Å². The van der Waals surface area contributed by atoms with Crippen LogP contribution in [-0.2, 0) is 13.1 Å². The van der Waals surface area contributed by atoms with E-state index in [9.17, 15) is 9.59 Å². The van der Waals surface area contributed by atoms with Gasteiger partial charge >= 0.3 is 5.69 Å². The summed E-state index contributed by atoms with van der Waals surface area (Å²) >= 11 is 12.2. The molecule has 1 aliphatic heterocycles. The lowest BCUT2D eigenvalue weighted by molar-refractivity contribution is 0.0788. The first-order valence-corrected chi connectivity index (χ1v) is 8.92. The minimum Gasteiger partial charge on any atom is -0.482 e. The van der Waals surface area contributed by atoms with Gasteiger partial charge in [-0.25, -0.2) is 4.79 Å². The fourth-order valence-electron chi connectivity index (χ4n) is 3.31. The smallest absolute Gasteiger partial charge is 0.332 e. The SMILES string of the molecule is CC1(C)Cn2c(=O)n(Cc3ccc(Cl)cc3)c(=O)c3ccc(Cl)c(c32)O1. The Kier molecular flexibility index (Phi) is 3.90. The summed E-state index contributed by atoms with van der Waals surface area (Å²) in [5, 5.41) is 1.39. The third-order valence-corrected chi connectivity index (χ3v) is 5.01. The summed E-state index contributed by atoms with van der Waals surface area (Å²) < 4.78 is 8.77. The van der Waals surface area contributed by atoms with Crippen molar-refractivity contribution in [2.45, 2.75) is 32.5 Å². The number of nitrogens with zero attached hydrogens (tertiary/aromatic N) is 2. The van der Waals surface area contributed by atoms with Crippen LogP contribution in [-0.4, -0.2) is 14.7 Å². The van der Waals surface area contributed by atoms with E-state index in [0.717, 1.165) is 5.56 Å². The second-order valence-corrected chi connectivity index (χ2v) is 7.86. The van der Waals surface area contributed by atoms with Gasteiger partial charge in [0.2, 0.25) is 0 Å². The number of ether oxygens (including phenoxy) is 1. The van der Waals surface area contributed by atoms with Gasteiger partial charge in [0.25, 0.3) is 5.56 Å². The zero-order valence-electron chi connectivity index (χ0n) is 14.3. The summed E-state index contributed by atoms with van der Waals surface area (Å²) in [5.74, 6) is 0.383. The molecule has 2 aromatic carbocycles. The Hall–Kier alpha value is -2.24. The van der Waals surface area contributed by atoms with Gasteiger partial charge in [-0.3, -0.25) is 13.9 Å². The molecule has 4 rings (SSSR count). The molecule has 0 fully saturated rings. The van der Waals surface area contributed by atoms with Gasteiger partial charge in [0.05, 0.1) is 23.5 Å². The highest BCUT2D eigenvalue weighted by Crippen LogP contribution is 2.37. The van der Waals surface area contributed by atoms with Gasteiger partial charge < -0.3 is 4.74 Å². The summed E-state index contributed by atoms with van der Waals surface area (Å²) in [4.78, 5) is 26.1. The highest BCUT2D eigenvalue weighted by atomic mass is 35.5. The topological polar surface area (TPSA) is 53.2 Å². The molecular weight excluding hydrogens is 375 g/mol. The van der Waals surface area contributed by atoms with E-state index in [-0.39, 0.29) is 17.8 Å². The fourth-order valence-corrected chi connectivity index (χ4v) is 3.62. The Balaban J connectivity index is 2.00. The summed E-state index contributed by atoms with van der Waals surface area (Å²) in [7, 11) is 0. The van der Waals surface area contributed by atoms with Crippen LogP contribution in [0.1, 0.15) is 19.4 Å². The molecule has 134 valence electrons. The average molecular weight is 391 g/mol. The Morgan fingerprint density at radius 3 is 2.46 bits per heavy atom. The van der Waals surface area contributed by atoms with Crippen LogP contribution >= 0.6 is 23.2 Å². The van der Waals surface area contributed by atoms with E-state index < -0.39 is 5.60 Å². The Morgan fingerprint density at radius 1 is 1.08 bits per heavy atom. The molecule has 0 atom stereocenters. The number of rotatable bonds is 2. The predicted octanol–water partition coefficient (Wildman–Crippen LogP) is 3.69. The zero-order chi connectivity index (χ0) is 18.6. The maximum atomic E-state index is 13.1. The van der Waals surface area contributed by atoms with Crippen molar-refractivity contribution in [2.24, 2.45) is 0 Å². The number of halogens is 2. The molecule has 0 bridgehead atoms. The number of aromatic nitrogens is 2. The van der Waals surface area contributed by atoms with Crippen molar-refractivity contribution in [3.8, 4) is 5.75 Å².